The van der Waals surface area contributed by atoms with Crippen molar-refractivity contribution in [3.05, 3.63) is 28.8 Å². The smallest absolute Gasteiger partial charge is 0.165 e. The average Bonchev–Trinajstić information content (AvgIpc) is 2.20. The molecule has 16 heavy (non-hydrogen) atoms. The highest BCUT2D eigenvalue weighted by atomic mass is 35.5. The van der Waals surface area contributed by atoms with E-state index in [0.717, 1.165) is 4.90 Å². The first-order valence-electron chi connectivity index (χ1n) is 5.10. The third-order valence-corrected chi connectivity index (χ3v) is 3.43. The van der Waals surface area contributed by atoms with Crippen LogP contribution in [-0.4, -0.2) is 16.9 Å². The second-order valence-corrected chi connectivity index (χ2v) is 6.10. The molecule has 0 aromatic heterocycles. The summed E-state index contributed by atoms with van der Waals surface area (Å²) >= 11 is 13.2. The highest BCUT2D eigenvalue weighted by molar-refractivity contribution is 8.00. The van der Waals surface area contributed by atoms with Crippen molar-refractivity contribution in [2.45, 2.75) is 30.4 Å². The van der Waals surface area contributed by atoms with E-state index in [9.17, 15) is 4.79 Å². The quantitative estimate of drug-likeness (QED) is 0.442. The number of hydrogen-bond acceptors (Lipinski definition) is 2. The van der Waals surface area contributed by atoms with Crippen LogP contribution in [0.5, 0.6) is 0 Å². The van der Waals surface area contributed by atoms with Gasteiger partial charge in [-0.2, -0.15) is 0 Å². The predicted molar refractivity (Wildman–Crippen MR) is 72.1 cm³/mol. The maximum absolute atomic E-state index is 11.8. The minimum absolute atomic E-state index is 0.0562. The van der Waals surface area contributed by atoms with Crippen molar-refractivity contribution < 1.29 is 4.79 Å². The highest BCUT2D eigenvalue weighted by Crippen LogP contribution is 2.29. The molecule has 1 aromatic rings. The SMILES string of the molecule is CC(C)Sc1ccc(Cl)cc1C(=O)CCCl. The summed E-state index contributed by atoms with van der Waals surface area (Å²) in [7, 11) is 0. The van der Waals surface area contributed by atoms with Crippen LogP contribution in [0, 0.1) is 0 Å². The number of hydrogen-bond donors (Lipinski definition) is 0. The summed E-state index contributed by atoms with van der Waals surface area (Å²) in [6.45, 7) is 4.18. The van der Waals surface area contributed by atoms with Crippen LogP contribution >= 0.6 is 35.0 Å². The molecule has 88 valence electrons. The first-order chi connectivity index (χ1) is 7.54. The van der Waals surface area contributed by atoms with Crippen LogP contribution in [0.3, 0.4) is 0 Å². The Morgan fingerprint density at radius 2 is 2.12 bits per heavy atom. The molecule has 0 saturated carbocycles. The molecule has 0 radical (unpaired) electrons. The fourth-order valence-electron chi connectivity index (χ4n) is 1.30. The Labute approximate surface area is 111 Å². The standard InChI is InChI=1S/C12H14Cl2OS/c1-8(2)16-12-4-3-9(14)7-10(12)11(15)5-6-13/h3-4,7-8H,5-6H2,1-2H3. The number of ketones is 1. The summed E-state index contributed by atoms with van der Waals surface area (Å²) in [5, 5.41) is 1.02. The minimum Gasteiger partial charge on any atom is -0.294 e. The van der Waals surface area contributed by atoms with Crippen LogP contribution in [0.25, 0.3) is 0 Å². The zero-order valence-corrected chi connectivity index (χ0v) is 11.6. The van der Waals surface area contributed by atoms with E-state index in [1.807, 2.05) is 12.1 Å². The third-order valence-electron chi connectivity index (χ3n) is 1.93. The molecule has 1 nitrogen and oxygen atoms in total. The van der Waals surface area contributed by atoms with Gasteiger partial charge < -0.3 is 0 Å². The zero-order valence-electron chi connectivity index (χ0n) is 9.30. The fourth-order valence-corrected chi connectivity index (χ4v) is 2.60. The van der Waals surface area contributed by atoms with Gasteiger partial charge in [-0.1, -0.05) is 25.4 Å². The zero-order chi connectivity index (χ0) is 12.1. The van der Waals surface area contributed by atoms with E-state index in [0.29, 0.717) is 28.1 Å². The fraction of sp³-hybridized carbons (Fsp3) is 0.417. The molecule has 0 bridgehead atoms. The first-order valence-corrected chi connectivity index (χ1v) is 6.89. The van der Waals surface area contributed by atoms with Crippen molar-refractivity contribution in [3.63, 3.8) is 0 Å². The molecule has 4 heteroatoms. The van der Waals surface area contributed by atoms with Crippen LogP contribution in [0.4, 0.5) is 0 Å². The molecule has 0 aliphatic heterocycles. The maximum atomic E-state index is 11.8. The van der Waals surface area contributed by atoms with Crippen LogP contribution in [-0.2, 0) is 0 Å². The summed E-state index contributed by atoms with van der Waals surface area (Å²) in [6.07, 6.45) is 0.355. The molecule has 0 atom stereocenters. The van der Waals surface area contributed by atoms with Gasteiger partial charge in [0, 0.05) is 33.0 Å². The lowest BCUT2D eigenvalue weighted by Gasteiger charge is -2.10. The lowest BCUT2D eigenvalue weighted by atomic mass is 10.1. The Kier molecular flexibility index (Phi) is 5.67. The molecule has 0 spiro atoms. The molecular formula is C12H14Cl2OS. The second-order valence-electron chi connectivity index (χ2n) is 3.67. The Morgan fingerprint density at radius 3 is 2.69 bits per heavy atom. The molecule has 1 rings (SSSR count). The van der Waals surface area contributed by atoms with Crippen LogP contribution in [0.2, 0.25) is 5.02 Å². The number of alkyl halides is 1. The summed E-state index contributed by atoms with van der Waals surface area (Å²) in [6, 6.07) is 5.43. The molecule has 0 aliphatic carbocycles. The van der Waals surface area contributed by atoms with Crippen molar-refractivity contribution in [1.82, 2.24) is 0 Å². The minimum atomic E-state index is 0.0562. The van der Waals surface area contributed by atoms with Gasteiger partial charge in [0.2, 0.25) is 0 Å². The largest absolute Gasteiger partial charge is 0.294 e. The number of Topliss-reactive ketones (excluding diaryl/α,β-unsaturated/α-hetero) is 1. The van der Waals surface area contributed by atoms with Gasteiger partial charge in [-0.3, -0.25) is 4.79 Å². The number of rotatable bonds is 5. The number of benzene rings is 1. The first kappa shape index (κ1) is 13.9. The average molecular weight is 277 g/mol. The molecule has 0 fully saturated rings. The third kappa shape index (κ3) is 4.00. The van der Waals surface area contributed by atoms with Gasteiger partial charge in [0.05, 0.1) is 0 Å². The summed E-state index contributed by atoms with van der Waals surface area (Å²) < 4.78 is 0. The Hall–Kier alpha value is -0.180. The summed E-state index contributed by atoms with van der Waals surface area (Å²) in [5.41, 5.74) is 0.687. The number of halogens is 2. The topological polar surface area (TPSA) is 17.1 Å². The number of carbonyl (C=O) groups excluding carboxylic acids is 1. The Morgan fingerprint density at radius 1 is 1.44 bits per heavy atom. The summed E-state index contributed by atoms with van der Waals surface area (Å²) in [5.74, 6) is 0.401. The van der Waals surface area contributed by atoms with Crippen LogP contribution < -0.4 is 0 Å². The van der Waals surface area contributed by atoms with Crippen LogP contribution in [0.1, 0.15) is 30.6 Å². The molecule has 0 amide bonds. The van der Waals surface area contributed by atoms with E-state index < -0.39 is 0 Å². The lowest BCUT2D eigenvalue weighted by Crippen LogP contribution is -2.03. The summed E-state index contributed by atoms with van der Waals surface area (Å²) in [4.78, 5) is 12.8. The van der Waals surface area contributed by atoms with E-state index in [1.165, 1.54) is 0 Å². The highest BCUT2D eigenvalue weighted by Gasteiger charge is 2.13. The maximum Gasteiger partial charge on any atom is 0.165 e. The van der Waals surface area contributed by atoms with E-state index in [1.54, 1.807) is 17.8 Å². The van der Waals surface area contributed by atoms with Gasteiger partial charge >= 0.3 is 0 Å². The van der Waals surface area contributed by atoms with Crippen molar-refractivity contribution in [1.29, 1.82) is 0 Å². The van der Waals surface area contributed by atoms with Gasteiger partial charge in [-0.25, -0.2) is 0 Å². The van der Waals surface area contributed by atoms with Crippen molar-refractivity contribution in [3.8, 4) is 0 Å². The van der Waals surface area contributed by atoms with Crippen LogP contribution in [0.15, 0.2) is 23.1 Å². The Balaban J connectivity index is 3.02. The van der Waals surface area contributed by atoms with Gasteiger partial charge in [0.1, 0.15) is 0 Å². The van der Waals surface area contributed by atoms with E-state index in [-0.39, 0.29) is 5.78 Å². The predicted octanol–water partition coefficient (Wildman–Crippen LogP) is 4.65. The van der Waals surface area contributed by atoms with E-state index in [4.69, 9.17) is 23.2 Å². The molecule has 1 aromatic carbocycles. The molecule has 0 unspecified atom stereocenters. The Bertz CT molecular complexity index is 377. The van der Waals surface area contributed by atoms with E-state index >= 15 is 0 Å². The van der Waals surface area contributed by atoms with Gasteiger partial charge in [0.15, 0.2) is 5.78 Å². The molecule has 0 aliphatic rings. The van der Waals surface area contributed by atoms with Crippen molar-refractivity contribution >= 4 is 40.7 Å². The molecule has 0 saturated heterocycles. The van der Waals surface area contributed by atoms with Crippen molar-refractivity contribution in [2.24, 2.45) is 0 Å². The monoisotopic (exact) mass is 276 g/mol. The molecule has 0 N–H and O–H groups in total. The van der Waals surface area contributed by atoms with Crippen molar-refractivity contribution in [2.75, 3.05) is 5.88 Å². The molecular weight excluding hydrogens is 263 g/mol. The lowest BCUT2D eigenvalue weighted by molar-refractivity contribution is 0.0986. The normalized spacial score (nSPS) is 10.8. The number of carbonyl (C=O) groups is 1. The second kappa shape index (κ2) is 6.53. The van der Waals surface area contributed by atoms with Gasteiger partial charge in [0.25, 0.3) is 0 Å². The van der Waals surface area contributed by atoms with Gasteiger partial charge in [-0.15, -0.1) is 23.4 Å². The van der Waals surface area contributed by atoms with Gasteiger partial charge in [-0.05, 0) is 18.2 Å². The molecule has 0 heterocycles. The number of thioether (sulfide) groups is 1. The van der Waals surface area contributed by atoms with E-state index in [2.05, 4.69) is 13.8 Å².